The van der Waals surface area contributed by atoms with Crippen LogP contribution in [0.25, 0.3) is 22.4 Å². The quantitative estimate of drug-likeness (QED) is 0.656. The van der Waals surface area contributed by atoms with Gasteiger partial charge < -0.3 is 9.47 Å². The summed E-state index contributed by atoms with van der Waals surface area (Å²) < 4.78 is 11.1. The molecule has 0 saturated heterocycles. The SMILES string of the molecule is CCOc1nc2c(c(-c3ccc(C#N)cc3)c1C#N)CCc1cc(OC)ccc1-2. The molecule has 5 heteroatoms. The number of rotatable bonds is 4. The average Bonchev–Trinajstić information content (AvgIpc) is 2.78. The predicted octanol–water partition coefficient (Wildman–Crippen LogP) is 4.66. The van der Waals surface area contributed by atoms with Crippen LogP contribution in [0.3, 0.4) is 0 Å². The van der Waals surface area contributed by atoms with E-state index >= 15 is 0 Å². The Morgan fingerprint density at radius 3 is 2.48 bits per heavy atom. The van der Waals surface area contributed by atoms with E-state index in [2.05, 4.69) is 12.1 Å². The van der Waals surface area contributed by atoms with Crippen molar-refractivity contribution in [2.45, 2.75) is 19.8 Å². The molecule has 1 aliphatic carbocycles. The number of nitrogens with zero attached hydrogens (tertiary/aromatic N) is 3. The second-order valence-electron chi connectivity index (χ2n) is 6.75. The van der Waals surface area contributed by atoms with E-state index in [9.17, 15) is 5.26 Å². The number of pyridine rings is 1. The van der Waals surface area contributed by atoms with Crippen molar-refractivity contribution in [3.63, 3.8) is 0 Å². The largest absolute Gasteiger partial charge is 0.497 e. The number of fused-ring (bicyclic) bond motifs is 3. The Labute approximate surface area is 169 Å². The maximum absolute atomic E-state index is 9.91. The molecule has 2 aromatic carbocycles. The second kappa shape index (κ2) is 7.66. The molecule has 3 aromatic rings. The van der Waals surface area contributed by atoms with Crippen molar-refractivity contribution in [2.75, 3.05) is 13.7 Å². The molecular formula is C24H19N3O2. The minimum Gasteiger partial charge on any atom is -0.497 e. The number of benzene rings is 2. The summed E-state index contributed by atoms with van der Waals surface area (Å²) in [5, 5.41) is 19.0. The van der Waals surface area contributed by atoms with Gasteiger partial charge in [-0.05, 0) is 66.8 Å². The molecule has 0 N–H and O–H groups in total. The van der Waals surface area contributed by atoms with Crippen molar-refractivity contribution in [3.05, 3.63) is 64.7 Å². The van der Waals surface area contributed by atoms with Gasteiger partial charge in [-0.15, -0.1) is 0 Å². The minimum atomic E-state index is 0.344. The van der Waals surface area contributed by atoms with Gasteiger partial charge in [0.1, 0.15) is 17.4 Å². The third-order valence-electron chi connectivity index (χ3n) is 5.17. The Balaban J connectivity index is 2.00. The van der Waals surface area contributed by atoms with Gasteiger partial charge in [-0.1, -0.05) is 12.1 Å². The van der Waals surface area contributed by atoms with Crippen LogP contribution in [-0.2, 0) is 12.8 Å². The van der Waals surface area contributed by atoms with Crippen molar-refractivity contribution < 1.29 is 9.47 Å². The molecule has 0 saturated carbocycles. The summed E-state index contributed by atoms with van der Waals surface area (Å²) in [6.07, 6.45) is 1.60. The monoisotopic (exact) mass is 381 g/mol. The van der Waals surface area contributed by atoms with Gasteiger partial charge in [0.05, 0.1) is 31.0 Å². The molecule has 142 valence electrons. The average molecular weight is 381 g/mol. The van der Waals surface area contributed by atoms with Gasteiger partial charge in [0.2, 0.25) is 5.88 Å². The molecule has 4 rings (SSSR count). The molecule has 1 aliphatic rings. The number of methoxy groups -OCH3 is 1. The van der Waals surface area contributed by atoms with Crippen molar-refractivity contribution in [1.29, 1.82) is 10.5 Å². The first-order valence-electron chi connectivity index (χ1n) is 9.47. The molecule has 0 fully saturated rings. The van der Waals surface area contributed by atoms with Crippen LogP contribution in [0.4, 0.5) is 0 Å². The molecule has 0 radical (unpaired) electrons. The van der Waals surface area contributed by atoms with Crippen LogP contribution in [0.1, 0.15) is 29.2 Å². The molecule has 0 atom stereocenters. The number of aryl methyl sites for hydroxylation is 1. The van der Waals surface area contributed by atoms with Gasteiger partial charge in [0, 0.05) is 11.1 Å². The highest BCUT2D eigenvalue weighted by Gasteiger charge is 2.27. The fourth-order valence-corrected chi connectivity index (χ4v) is 3.84. The van der Waals surface area contributed by atoms with Crippen molar-refractivity contribution in [2.24, 2.45) is 0 Å². The van der Waals surface area contributed by atoms with E-state index in [1.54, 1.807) is 19.2 Å². The molecule has 1 aromatic heterocycles. The fourth-order valence-electron chi connectivity index (χ4n) is 3.84. The van der Waals surface area contributed by atoms with Crippen molar-refractivity contribution >= 4 is 0 Å². The molecule has 0 amide bonds. The summed E-state index contributed by atoms with van der Waals surface area (Å²) in [7, 11) is 1.66. The summed E-state index contributed by atoms with van der Waals surface area (Å²) in [5.41, 5.74) is 6.83. The molecule has 0 unspecified atom stereocenters. The zero-order chi connectivity index (χ0) is 20.4. The van der Waals surface area contributed by atoms with Crippen LogP contribution in [0.2, 0.25) is 0 Å². The third kappa shape index (κ3) is 3.17. The number of aromatic nitrogens is 1. The van der Waals surface area contributed by atoms with E-state index in [1.165, 1.54) is 5.56 Å². The summed E-state index contributed by atoms with van der Waals surface area (Å²) in [6.45, 7) is 2.30. The summed E-state index contributed by atoms with van der Waals surface area (Å²) in [5.74, 6) is 1.16. The van der Waals surface area contributed by atoms with Gasteiger partial charge >= 0.3 is 0 Å². The van der Waals surface area contributed by atoms with Crippen LogP contribution in [-0.4, -0.2) is 18.7 Å². The Bertz CT molecular complexity index is 1170. The number of ether oxygens (including phenoxy) is 2. The molecule has 1 heterocycles. The second-order valence-corrected chi connectivity index (χ2v) is 6.75. The lowest BCUT2D eigenvalue weighted by atomic mass is 9.83. The lowest BCUT2D eigenvalue weighted by Crippen LogP contribution is -2.11. The third-order valence-corrected chi connectivity index (χ3v) is 5.17. The van der Waals surface area contributed by atoms with Gasteiger partial charge in [-0.3, -0.25) is 0 Å². The lowest BCUT2D eigenvalue weighted by Gasteiger charge is -2.24. The van der Waals surface area contributed by atoms with E-state index in [4.69, 9.17) is 19.7 Å². The lowest BCUT2D eigenvalue weighted by molar-refractivity contribution is 0.326. The van der Waals surface area contributed by atoms with Crippen molar-refractivity contribution in [1.82, 2.24) is 4.98 Å². The van der Waals surface area contributed by atoms with Gasteiger partial charge in [-0.2, -0.15) is 10.5 Å². The Hall–Kier alpha value is -3.83. The van der Waals surface area contributed by atoms with Crippen LogP contribution < -0.4 is 9.47 Å². The van der Waals surface area contributed by atoms with Crippen molar-refractivity contribution in [3.8, 4) is 46.2 Å². The molecule has 0 aliphatic heterocycles. The predicted molar refractivity (Wildman–Crippen MR) is 110 cm³/mol. The Kier molecular flexibility index (Phi) is 4.89. The van der Waals surface area contributed by atoms with E-state index in [-0.39, 0.29) is 0 Å². The van der Waals surface area contributed by atoms with Crippen LogP contribution >= 0.6 is 0 Å². The highest BCUT2D eigenvalue weighted by molar-refractivity contribution is 5.85. The van der Waals surface area contributed by atoms with E-state index in [0.717, 1.165) is 46.5 Å². The zero-order valence-electron chi connectivity index (χ0n) is 16.3. The molecule has 5 nitrogen and oxygen atoms in total. The highest BCUT2D eigenvalue weighted by atomic mass is 16.5. The number of hydrogen-bond donors (Lipinski definition) is 0. The topological polar surface area (TPSA) is 78.9 Å². The summed E-state index contributed by atoms with van der Waals surface area (Å²) in [6, 6.07) is 17.7. The maximum atomic E-state index is 9.91. The van der Waals surface area contributed by atoms with E-state index < -0.39 is 0 Å². The fraction of sp³-hybridized carbons (Fsp3) is 0.208. The normalized spacial score (nSPS) is 11.6. The first-order valence-corrected chi connectivity index (χ1v) is 9.47. The van der Waals surface area contributed by atoms with E-state index in [0.29, 0.717) is 23.6 Å². The molecule has 0 bridgehead atoms. The maximum Gasteiger partial charge on any atom is 0.232 e. The Morgan fingerprint density at radius 2 is 1.83 bits per heavy atom. The summed E-state index contributed by atoms with van der Waals surface area (Å²) in [4.78, 5) is 4.75. The zero-order valence-corrected chi connectivity index (χ0v) is 16.3. The first kappa shape index (κ1) is 18.5. The molecule has 29 heavy (non-hydrogen) atoms. The Morgan fingerprint density at radius 1 is 1.03 bits per heavy atom. The molecule has 0 spiro atoms. The van der Waals surface area contributed by atoms with Gasteiger partial charge in [0.25, 0.3) is 0 Å². The van der Waals surface area contributed by atoms with Gasteiger partial charge in [0.15, 0.2) is 0 Å². The van der Waals surface area contributed by atoms with Crippen LogP contribution in [0, 0.1) is 22.7 Å². The smallest absolute Gasteiger partial charge is 0.232 e. The minimum absolute atomic E-state index is 0.344. The van der Waals surface area contributed by atoms with Crippen LogP contribution in [0.15, 0.2) is 42.5 Å². The first-order chi connectivity index (χ1) is 14.2. The summed E-state index contributed by atoms with van der Waals surface area (Å²) >= 11 is 0. The van der Waals surface area contributed by atoms with E-state index in [1.807, 2.05) is 37.3 Å². The standard InChI is InChI=1S/C24H19N3O2/c1-3-29-24-21(14-26)22(16-6-4-15(13-25)5-7-16)20-10-8-17-12-18(28-2)9-11-19(17)23(20)27-24/h4-7,9,11-12H,3,8,10H2,1-2H3. The van der Waals surface area contributed by atoms with Gasteiger partial charge in [-0.25, -0.2) is 4.98 Å². The number of hydrogen-bond acceptors (Lipinski definition) is 5. The highest BCUT2D eigenvalue weighted by Crippen LogP contribution is 2.43. The molecular weight excluding hydrogens is 362 g/mol. The van der Waals surface area contributed by atoms with Crippen LogP contribution in [0.5, 0.6) is 11.6 Å². The number of nitriles is 2.